The first-order valence-electron chi connectivity index (χ1n) is 11.2. The predicted octanol–water partition coefficient (Wildman–Crippen LogP) is 5.66. The van der Waals surface area contributed by atoms with Gasteiger partial charge in [-0.3, -0.25) is 9.00 Å². The van der Waals surface area contributed by atoms with Gasteiger partial charge in [0.25, 0.3) is 5.91 Å². The van der Waals surface area contributed by atoms with Crippen molar-refractivity contribution in [3.05, 3.63) is 102 Å². The number of fused-ring (bicyclic) bond motifs is 1. The summed E-state index contributed by atoms with van der Waals surface area (Å²) in [6.45, 7) is 0. The van der Waals surface area contributed by atoms with Crippen molar-refractivity contribution in [3.63, 3.8) is 0 Å². The zero-order valence-corrected chi connectivity index (χ0v) is 19.3. The number of nitrogens with one attached hydrogen (secondary N) is 1. The molecule has 1 heterocycles. The number of para-hydroxylation sites is 1. The van der Waals surface area contributed by atoms with E-state index in [1.54, 1.807) is 6.26 Å². The van der Waals surface area contributed by atoms with Crippen LogP contribution >= 0.6 is 0 Å². The van der Waals surface area contributed by atoms with Crippen LogP contribution in [0, 0.1) is 5.92 Å². The van der Waals surface area contributed by atoms with Gasteiger partial charge in [-0.25, -0.2) is 4.98 Å². The lowest BCUT2D eigenvalue weighted by Gasteiger charge is -2.22. The van der Waals surface area contributed by atoms with Crippen molar-refractivity contribution in [2.45, 2.75) is 24.6 Å². The van der Waals surface area contributed by atoms with Gasteiger partial charge in [-0.2, -0.15) is 0 Å². The standard InChI is InChI=1S/C28H26N2O2S/c1-33(32)18-23-25(28(31)30-26(21-16-17-21)19-10-4-2-5-11-19)22-14-8-9-15-24(22)29-27(23)20-12-6-3-7-13-20/h2-15,21,26H,16-18H2,1H3,(H,30,31). The van der Waals surface area contributed by atoms with Crippen LogP contribution in [0.3, 0.4) is 0 Å². The second-order valence-corrected chi connectivity index (χ2v) is 10.0. The molecule has 0 saturated heterocycles. The molecule has 2 atom stereocenters. The third-order valence-corrected chi connectivity index (χ3v) is 6.85. The Kier molecular flexibility index (Phi) is 6.05. The predicted molar refractivity (Wildman–Crippen MR) is 134 cm³/mol. The molecule has 0 aliphatic heterocycles. The minimum absolute atomic E-state index is 0.0363. The van der Waals surface area contributed by atoms with Gasteiger partial charge in [0.1, 0.15) is 0 Å². The Morgan fingerprint density at radius 3 is 2.27 bits per heavy atom. The monoisotopic (exact) mass is 454 g/mol. The van der Waals surface area contributed by atoms with Gasteiger partial charge in [0.15, 0.2) is 0 Å². The number of amides is 1. The Labute approximate surface area is 196 Å². The molecular weight excluding hydrogens is 428 g/mol. The van der Waals surface area contributed by atoms with Crippen LogP contribution < -0.4 is 5.32 Å². The molecule has 5 heteroatoms. The highest BCUT2D eigenvalue weighted by Gasteiger charge is 2.34. The van der Waals surface area contributed by atoms with Crippen LogP contribution in [0.5, 0.6) is 0 Å². The maximum absolute atomic E-state index is 13.9. The number of carbonyl (C=O) groups is 1. The first-order valence-corrected chi connectivity index (χ1v) is 13.0. The Balaban J connectivity index is 1.67. The molecule has 3 aromatic carbocycles. The van der Waals surface area contributed by atoms with Crippen LogP contribution in [0.1, 0.15) is 40.4 Å². The normalized spacial score (nSPS) is 15.2. The summed E-state index contributed by atoms with van der Waals surface area (Å²) in [5, 5.41) is 4.12. The number of aromatic nitrogens is 1. The number of carbonyl (C=O) groups excluding carboxylic acids is 1. The number of hydrogen-bond donors (Lipinski definition) is 1. The van der Waals surface area contributed by atoms with Gasteiger partial charge in [0.2, 0.25) is 0 Å². The molecule has 0 bridgehead atoms. The molecule has 5 rings (SSSR count). The fraction of sp³-hybridized carbons (Fsp3) is 0.214. The number of pyridine rings is 1. The lowest BCUT2D eigenvalue weighted by molar-refractivity contribution is 0.0932. The number of nitrogens with zero attached hydrogens (tertiary/aromatic N) is 1. The van der Waals surface area contributed by atoms with Crippen molar-refractivity contribution in [3.8, 4) is 11.3 Å². The van der Waals surface area contributed by atoms with E-state index in [-0.39, 0.29) is 17.7 Å². The average molecular weight is 455 g/mol. The van der Waals surface area contributed by atoms with Crippen LogP contribution in [-0.4, -0.2) is 21.4 Å². The summed E-state index contributed by atoms with van der Waals surface area (Å²) in [7, 11) is -1.14. The van der Waals surface area contributed by atoms with E-state index in [0.717, 1.165) is 46.1 Å². The Hall–Kier alpha value is -3.31. The molecule has 166 valence electrons. The van der Waals surface area contributed by atoms with E-state index in [2.05, 4.69) is 17.4 Å². The second kappa shape index (κ2) is 9.28. The van der Waals surface area contributed by atoms with Gasteiger partial charge in [-0.1, -0.05) is 78.9 Å². The Morgan fingerprint density at radius 1 is 0.970 bits per heavy atom. The summed E-state index contributed by atoms with van der Waals surface area (Å²) >= 11 is 0. The van der Waals surface area contributed by atoms with E-state index in [1.165, 1.54) is 0 Å². The molecule has 33 heavy (non-hydrogen) atoms. The summed E-state index contributed by atoms with van der Waals surface area (Å²) in [6, 6.07) is 27.7. The molecule has 1 aromatic heterocycles. The van der Waals surface area contributed by atoms with E-state index in [0.29, 0.717) is 11.5 Å². The third kappa shape index (κ3) is 4.60. The number of hydrogen-bond acceptors (Lipinski definition) is 3. The van der Waals surface area contributed by atoms with Crippen LogP contribution in [0.25, 0.3) is 22.2 Å². The van der Waals surface area contributed by atoms with Crippen molar-refractivity contribution in [2.24, 2.45) is 5.92 Å². The minimum Gasteiger partial charge on any atom is -0.345 e. The molecular formula is C28H26N2O2S. The van der Waals surface area contributed by atoms with E-state index < -0.39 is 10.8 Å². The molecule has 4 nitrogen and oxygen atoms in total. The zero-order valence-electron chi connectivity index (χ0n) is 18.5. The largest absolute Gasteiger partial charge is 0.345 e. The fourth-order valence-electron chi connectivity index (χ4n) is 4.47. The molecule has 0 radical (unpaired) electrons. The molecule has 2 unspecified atom stereocenters. The highest BCUT2D eigenvalue weighted by molar-refractivity contribution is 7.83. The van der Waals surface area contributed by atoms with E-state index in [1.807, 2.05) is 72.8 Å². The van der Waals surface area contributed by atoms with Gasteiger partial charge in [-0.05, 0) is 30.4 Å². The van der Waals surface area contributed by atoms with Gasteiger partial charge in [0.05, 0.1) is 28.6 Å². The van der Waals surface area contributed by atoms with Crippen molar-refractivity contribution in [1.29, 1.82) is 0 Å². The van der Waals surface area contributed by atoms with Crippen molar-refractivity contribution in [2.75, 3.05) is 6.26 Å². The van der Waals surface area contributed by atoms with E-state index in [9.17, 15) is 9.00 Å². The van der Waals surface area contributed by atoms with Crippen LogP contribution in [-0.2, 0) is 16.6 Å². The maximum Gasteiger partial charge on any atom is 0.252 e. The smallest absolute Gasteiger partial charge is 0.252 e. The van der Waals surface area contributed by atoms with Crippen molar-refractivity contribution in [1.82, 2.24) is 10.3 Å². The highest BCUT2D eigenvalue weighted by atomic mass is 32.2. The molecule has 0 spiro atoms. The minimum atomic E-state index is -1.14. The van der Waals surface area contributed by atoms with Gasteiger partial charge >= 0.3 is 0 Å². The van der Waals surface area contributed by atoms with Crippen LogP contribution in [0.2, 0.25) is 0 Å². The zero-order chi connectivity index (χ0) is 22.8. The number of benzene rings is 3. The Bertz CT molecular complexity index is 1320. The Morgan fingerprint density at radius 2 is 1.61 bits per heavy atom. The quantitative estimate of drug-likeness (QED) is 0.392. The molecule has 1 fully saturated rings. The average Bonchev–Trinajstić information content (AvgIpc) is 3.68. The fourth-order valence-corrected chi connectivity index (χ4v) is 5.15. The molecule has 1 aliphatic carbocycles. The van der Waals surface area contributed by atoms with Gasteiger partial charge in [-0.15, -0.1) is 0 Å². The number of rotatable bonds is 7. The highest BCUT2D eigenvalue weighted by Crippen LogP contribution is 2.41. The first kappa shape index (κ1) is 21.5. The SMILES string of the molecule is CS(=O)Cc1c(-c2ccccc2)nc2ccccc2c1C(=O)NC(c1ccccc1)C1CC1. The van der Waals surface area contributed by atoms with E-state index in [4.69, 9.17) is 4.98 Å². The lowest BCUT2D eigenvalue weighted by Crippen LogP contribution is -2.31. The molecule has 1 N–H and O–H groups in total. The van der Waals surface area contributed by atoms with Crippen molar-refractivity contribution < 1.29 is 9.00 Å². The maximum atomic E-state index is 13.9. The first-order chi connectivity index (χ1) is 16.1. The molecule has 1 aliphatic rings. The lowest BCUT2D eigenvalue weighted by atomic mass is 9.96. The van der Waals surface area contributed by atoms with Crippen molar-refractivity contribution >= 4 is 27.6 Å². The summed E-state index contributed by atoms with van der Waals surface area (Å²) in [5.41, 5.74) is 4.83. The topological polar surface area (TPSA) is 59.1 Å². The van der Waals surface area contributed by atoms with Gasteiger partial charge < -0.3 is 5.32 Å². The van der Waals surface area contributed by atoms with Gasteiger partial charge in [0, 0.05) is 33.6 Å². The summed E-state index contributed by atoms with van der Waals surface area (Å²) in [4.78, 5) is 18.8. The summed E-state index contributed by atoms with van der Waals surface area (Å²) in [6.07, 6.45) is 3.89. The molecule has 1 amide bonds. The molecule has 1 saturated carbocycles. The third-order valence-electron chi connectivity index (χ3n) is 6.15. The summed E-state index contributed by atoms with van der Waals surface area (Å²) < 4.78 is 12.4. The van der Waals surface area contributed by atoms with Crippen LogP contribution in [0.15, 0.2) is 84.9 Å². The molecule has 4 aromatic rings. The summed E-state index contributed by atoms with van der Waals surface area (Å²) in [5.74, 6) is 0.582. The van der Waals surface area contributed by atoms with Crippen LogP contribution in [0.4, 0.5) is 0 Å². The second-order valence-electron chi connectivity index (χ2n) is 8.61. The van der Waals surface area contributed by atoms with E-state index >= 15 is 0 Å².